The third-order valence-corrected chi connectivity index (χ3v) is 4.57. The quantitative estimate of drug-likeness (QED) is 0.546. The van der Waals surface area contributed by atoms with Gasteiger partial charge in [-0.05, 0) is 68.3 Å². The molecule has 0 aliphatic heterocycles. The second-order valence-corrected chi connectivity index (χ2v) is 7.04. The van der Waals surface area contributed by atoms with Crippen molar-refractivity contribution >= 4 is 34.7 Å². The third kappa shape index (κ3) is 5.01. The Hall–Kier alpha value is -3.61. The lowest BCUT2D eigenvalue weighted by atomic mass is 10.2. The predicted octanol–water partition coefficient (Wildman–Crippen LogP) is 4.63. The molecule has 3 aromatic rings. The summed E-state index contributed by atoms with van der Waals surface area (Å²) in [5.41, 5.74) is 3.38. The van der Waals surface area contributed by atoms with Gasteiger partial charge in [0.05, 0.1) is 7.11 Å². The number of carbonyl (C=O) groups excluding carboxylic acids is 1. The molecule has 1 heterocycles. The Balaban J connectivity index is 1.43. The minimum absolute atomic E-state index is 0.0991. The highest BCUT2D eigenvalue weighted by Crippen LogP contribution is 2.30. The van der Waals surface area contributed by atoms with Crippen LogP contribution < -0.4 is 20.7 Å². The van der Waals surface area contributed by atoms with Gasteiger partial charge in [-0.15, -0.1) is 0 Å². The first-order chi connectivity index (χ1) is 14.1. The average molecular weight is 389 g/mol. The fourth-order valence-corrected chi connectivity index (χ4v) is 2.87. The zero-order chi connectivity index (χ0) is 20.2. The molecule has 1 saturated carbocycles. The van der Waals surface area contributed by atoms with Crippen LogP contribution in [0.1, 0.15) is 18.5 Å². The standard InChI is InChI=1S/C22H23N5O2/c1-14-13-20(24-16-9-11-19(29-2)12-10-16)27-22(23-14)26-18-7-5-17(6-8-18)25-21(28)15-3-4-15/h5-13,15H,3-4H2,1-2H3,(H,25,28)(H2,23,24,26,27). The van der Waals surface area contributed by atoms with Crippen molar-refractivity contribution in [2.24, 2.45) is 5.92 Å². The van der Waals surface area contributed by atoms with E-state index in [1.165, 1.54) is 0 Å². The van der Waals surface area contributed by atoms with Gasteiger partial charge in [-0.3, -0.25) is 4.79 Å². The summed E-state index contributed by atoms with van der Waals surface area (Å²) in [5.74, 6) is 2.27. The van der Waals surface area contributed by atoms with Gasteiger partial charge in [0.1, 0.15) is 11.6 Å². The van der Waals surface area contributed by atoms with Crippen molar-refractivity contribution in [3.05, 3.63) is 60.3 Å². The van der Waals surface area contributed by atoms with Crippen molar-refractivity contribution < 1.29 is 9.53 Å². The molecule has 0 saturated heterocycles. The van der Waals surface area contributed by atoms with Gasteiger partial charge >= 0.3 is 0 Å². The molecular formula is C22H23N5O2. The minimum Gasteiger partial charge on any atom is -0.497 e. The van der Waals surface area contributed by atoms with E-state index < -0.39 is 0 Å². The van der Waals surface area contributed by atoms with Gasteiger partial charge in [0.2, 0.25) is 11.9 Å². The first-order valence-electron chi connectivity index (χ1n) is 9.54. The summed E-state index contributed by atoms with van der Waals surface area (Å²) in [6.45, 7) is 1.92. The first-order valence-corrected chi connectivity index (χ1v) is 9.54. The van der Waals surface area contributed by atoms with Crippen LogP contribution in [0.15, 0.2) is 54.6 Å². The molecule has 1 aromatic heterocycles. The number of nitrogens with zero attached hydrogens (tertiary/aromatic N) is 2. The van der Waals surface area contributed by atoms with Gasteiger partial charge in [-0.2, -0.15) is 4.98 Å². The molecule has 0 bridgehead atoms. The summed E-state index contributed by atoms with van der Waals surface area (Å²) in [6.07, 6.45) is 1.98. The number of methoxy groups -OCH3 is 1. The molecule has 7 heteroatoms. The van der Waals surface area contributed by atoms with E-state index in [1.807, 2.05) is 61.5 Å². The molecule has 148 valence electrons. The summed E-state index contributed by atoms with van der Waals surface area (Å²) < 4.78 is 5.18. The second kappa shape index (κ2) is 8.18. The van der Waals surface area contributed by atoms with Gasteiger partial charge in [-0.25, -0.2) is 4.98 Å². The van der Waals surface area contributed by atoms with Crippen molar-refractivity contribution in [3.63, 3.8) is 0 Å². The topological polar surface area (TPSA) is 88.2 Å². The highest BCUT2D eigenvalue weighted by Gasteiger charge is 2.29. The highest BCUT2D eigenvalue weighted by atomic mass is 16.5. The van der Waals surface area contributed by atoms with Crippen LogP contribution in [0.5, 0.6) is 5.75 Å². The molecule has 0 spiro atoms. The molecule has 2 aromatic carbocycles. The van der Waals surface area contributed by atoms with Gasteiger partial charge in [0.25, 0.3) is 0 Å². The Kier molecular flexibility index (Phi) is 5.29. The Morgan fingerprint density at radius 1 is 0.931 bits per heavy atom. The summed E-state index contributed by atoms with van der Waals surface area (Å²) in [7, 11) is 1.64. The molecular weight excluding hydrogens is 366 g/mol. The smallest absolute Gasteiger partial charge is 0.229 e. The van der Waals surface area contributed by atoms with E-state index in [0.717, 1.165) is 41.3 Å². The van der Waals surface area contributed by atoms with E-state index in [9.17, 15) is 4.79 Å². The predicted molar refractivity (Wildman–Crippen MR) is 114 cm³/mol. The third-order valence-electron chi connectivity index (χ3n) is 4.57. The maximum Gasteiger partial charge on any atom is 0.229 e. The van der Waals surface area contributed by atoms with Crippen molar-refractivity contribution in [3.8, 4) is 5.75 Å². The number of hydrogen-bond donors (Lipinski definition) is 3. The summed E-state index contributed by atoms with van der Waals surface area (Å²) >= 11 is 0. The lowest BCUT2D eigenvalue weighted by Gasteiger charge is -2.11. The number of nitrogens with one attached hydrogen (secondary N) is 3. The maximum atomic E-state index is 11.9. The summed E-state index contributed by atoms with van der Waals surface area (Å²) in [4.78, 5) is 20.8. The molecule has 0 unspecified atom stereocenters. The number of anilines is 5. The first kappa shape index (κ1) is 18.7. The lowest BCUT2D eigenvalue weighted by molar-refractivity contribution is -0.117. The van der Waals surface area contributed by atoms with Crippen LogP contribution >= 0.6 is 0 Å². The molecule has 0 radical (unpaired) electrons. The molecule has 1 fully saturated rings. The highest BCUT2D eigenvalue weighted by molar-refractivity contribution is 5.94. The van der Waals surface area contributed by atoms with Crippen LogP contribution in [0, 0.1) is 12.8 Å². The Morgan fingerprint density at radius 2 is 1.55 bits per heavy atom. The van der Waals surface area contributed by atoms with E-state index in [0.29, 0.717) is 11.8 Å². The lowest BCUT2D eigenvalue weighted by Crippen LogP contribution is -2.13. The van der Waals surface area contributed by atoms with E-state index in [-0.39, 0.29) is 11.8 Å². The van der Waals surface area contributed by atoms with Gasteiger partial charge in [0.15, 0.2) is 0 Å². The van der Waals surface area contributed by atoms with Crippen molar-refractivity contribution in [2.45, 2.75) is 19.8 Å². The Bertz CT molecular complexity index is 999. The molecule has 3 N–H and O–H groups in total. The van der Waals surface area contributed by atoms with Crippen LogP contribution in [0.3, 0.4) is 0 Å². The van der Waals surface area contributed by atoms with E-state index in [4.69, 9.17) is 4.74 Å². The Morgan fingerprint density at radius 3 is 2.21 bits per heavy atom. The number of aryl methyl sites for hydroxylation is 1. The minimum atomic E-state index is 0.0991. The molecule has 1 aliphatic rings. The number of aromatic nitrogens is 2. The SMILES string of the molecule is COc1ccc(Nc2cc(C)nc(Nc3ccc(NC(=O)C4CC4)cc3)n2)cc1. The summed E-state index contributed by atoms with van der Waals surface area (Å²) in [5, 5.41) is 9.42. The van der Waals surface area contributed by atoms with Gasteiger partial charge in [-0.1, -0.05) is 0 Å². The molecule has 1 aliphatic carbocycles. The van der Waals surface area contributed by atoms with Crippen molar-refractivity contribution in [2.75, 3.05) is 23.1 Å². The number of carbonyl (C=O) groups is 1. The van der Waals surface area contributed by atoms with E-state index >= 15 is 0 Å². The van der Waals surface area contributed by atoms with Gasteiger partial charge < -0.3 is 20.7 Å². The van der Waals surface area contributed by atoms with Crippen LogP contribution in [-0.4, -0.2) is 23.0 Å². The largest absolute Gasteiger partial charge is 0.497 e. The Labute approximate surface area is 169 Å². The number of ether oxygens (including phenoxy) is 1. The van der Waals surface area contributed by atoms with Crippen LogP contribution in [-0.2, 0) is 4.79 Å². The number of amides is 1. The maximum absolute atomic E-state index is 11.9. The van der Waals surface area contributed by atoms with Crippen LogP contribution in [0.25, 0.3) is 0 Å². The zero-order valence-corrected chi connectivity index (χ0v) is 16.4. The van der Waals surface area contributed by atoms with Crippen molar-refractivity contribution in [1.82, 2.24) is 9.97 Å². The van der Waals surface area contributed by atoms with E-state index in [2.05, 4.69) is 25.9 Å². The average Bonchev–Trinajstić information content (AvgIpc) is 3.55. The number of rotatable bonds is 7. The number of benzene rings is 2. The van der Waals surface area contributed by atoms with Crippen LogP contribution in [0.4, 0.5) is 28.8 Å². The number of hydrogen-bond acceptors (Lipinski definition) is 6. The molecule has 0 atom stereocenters. The van der Waals surface area contributed by atoms with E-state index in [1.54, 1.807) is 7.11 Å². The zero-order valence-electron chi connectivity index (χ0n) is 16.4. The second-order valence-electron chi connectivity index (χ2n) is 7.04. The monoisotopic (exact) mass is 389 g/mol. The molecule has 1 amide bonds. The normalized spacial score (nSPS) is 12.9. The summed E-state index contributed by atoms with van der Waals surface area (Å²) in [6, 6.07) is 17.0. The fourth-order valence-electron chi connectivity index (χ4n) is 2.87. The fraction of sp³-hybridized carbons (Fsp3) is 0.227. The van der Waals surface area contributed by atoms with Crippen molar-refractivity contribution in [1.29, 1.82) is 0 Å². The molecule has 4 rings (SSSR count). The molecule has 7 nitrogen and oxygen atoms in total. The molecule has 29 heavy (non-hydrogen) atoms. The van der Waals surface area contributed by atoms with Gasteiger partial charge in [0, 0.05) is 34.7 Å². The van der Waals surface area contributed by atoms with Crippen LogP contribution in [0.2, 0.25) is 0 Å².